The molecule has 1 fully saturated rings. The zero-order valence-corrected chi connectivity index (χ0v) is 12.8. The summed E-state index contributed by atoms with van der Waals surface area (Å²) in [6.07, 6.45) is 2.28. The second-order valence-electron chi connectivity index (χ2n) is 5.58. The number of carboxylic acids is 1. The van der Waals surface area contributed by atoms with Crippen molar-refractivity contribution in [2.75, 3.05) is 19.0 Å². The fraction of sp³-hybridized carbons (Fsp3) is 0.400. The van der Waals surface area contributed by atoms with Crippen LogP contribution in [0.25, 0.3) is 0 Å². The largest absolute Gasteiger partial charge is 0.480 e. The van der Waals surface area contributed by atoms with Crippen molar-refractivity contribution in [1.82, 2.24) is 0 Å². The molecule has 0 spiro atoms. The lowest BCUT2D eigenvalue weighted by atomic mass is 9.95. The van der Waals surface area contributed by atoms with Crippen molar-refractivity contribution in [1.29, 1.82) is 0 Å². The number of carbonyl (C=O) groups is 2. The van der Waals surface area contributed by atoms with E-state index in [0.717, 1.165) is 24.0 Å². The number of carbonyl (C=O) groups excluding carboxylic acids is 1. The maximum Gasteiger partial charge on any atom is 0.319 e. The number of hydrogen-bond acceptors (Lipinski definition) is 4. The summed E-state index contributed by atoms with van der Waals surface area (Å²) in [5, 5.41) is 9.14. The van der Waals surface area contributed by atoms with Crippen molar-refractivity contribution in [2.45, 2.75) is 18.9 Å². The maximum atomic E-state index is 14.1. The SMILES string of the molecule is CN(C)c1c(F)c(F)c(F)c(F)c1C(=O)C(C=NC1CC1)C(=O)O. The van der Waals surface area contributed by atoms with Crippen LogP contribution in [0.4, 0.5) is 23.2 Å². The van der Waals surface area contributed by atoms with Crippen LogP contribution in [-0.2, 0) is 4.79 Å². The van der Waals surface area contributed by atoms with Crippen molar-refractivity contribution in [3.63, 3.8) is 0 Å². The molecule has 2 rings (SSSR count). The molecule has 1 aromatic rings. The fourth-order valence-corrected chi connectivity index (χ4v) is 2.10. The summed E-state index contributed by atoms with van der Waals surface area (Å²) < 4.78 is 54.9. The van der Waals surface area contributed by atoms with Gasteiger partial charge in [-0.05, 0) is 12.8 Å². The molecule has 1 atom stereocenters. The van der Waals surface area contributed by atoms with Crippen molar-refractivity contribution in [3.05, 3.63) is 28.8 Å². The maximum absolute atomic E-state index is 14.1. The van der Waals surface area contributed by atoms with Gasteiger partial charge in [-0.1, -0.05) is 0 Å². The smallest absolute Gasteiger partial charge is 0.319 e. The third-order valence-corrected chi connectivity index (χ3v) is 3.48. The number of anilines is 1. The number of halogens is 4. The Morgan fingerprint density at radius 2 is 1.67 bits per heavy atom. The molecule has 5 nitrogen and oxygen atoms in total. The standard InChI is InChI=1S/C15H14F4N2O3/c1-21(2)13-8(9(16)10(17)11(18)12(13)19)14(22)7(15(23)24)5-20-6-3-4-6/h5-7H,3-4H2,1-2H3,(H,23,24). The topological polar surface area (TPSA) is 70.0 Å². The number of nitrogens with zero attached hydrogens (tertiary/aromatic N) is 2. The van der Waals surface area contributed by atoms with Crippen LogP contribution in [0.15, 0.2) is 4.99 Å². The number of carboxylic acid groups (broad SMARTS) is 1. The van der Waals surface area contributed by atoms with Crippen LogP contribution < -0.4 is 4.90 Å². The van der Waals surface area contributed by atoms with Gasteiger partial charge in [0.15, 0.2) is 35.0 Å². The predicted molar refractivity (Wildman–Crippen MR) is 77.6 cm³/mol. The van der Waals surface area contributed by atoms with E-state index in [2.05, 4.69) is 4.99 Å². The van der Waals surface area contributed by atoms with Crippen LogP contribution in [0.3, 0.4) is 0 Å². The summed E-state index contributed by atoms with van der Waals surface area (Å²) in [6.45, 7) is 0. The van der Waals surface area contributed by atoms with E-state index in [-0.39, 0.29) is 6.04 Å². The zero-order chi connectivity index (χ0) is 18.2. The fourth-order valence-electron chi connectivity index (χ4n) is 2.10. The predicted octanol–water partition coefficient (Wildman–Crippen LogP) is 2.43. The van der Waals surface area contributed by atoms with E-state index in [0.29, 0.717) is 0 Å². The first-order chi connectivity index (χ1) is 11.2. The summed E-state index contributed by atoms with van der Waals surface area (Å²) in [4.78, 5) is 28.4. The molecule has 0 heterocycles. The van der Waals surface area contributed by atoms with Gasteiger partial charge in [0.25, 0.3) is 0 Å². The second-order valence-corrected chi connectivity index (χ2v) is 5.58. The summed E-state index contributed by atoms with van der Waals surface area (Å²) >= 11 is 0. The lowest BCUT2D eigenvalue weighted by Crippen LogP contribution is -2.29. The summed E-state index contributed by atoms with van der Waals surface area (Å²) in [6, 6.07) is -0.112. The molecular weight excluding hydrogens is 332 g/mol. The van der Waals surface area contributed by atoms with Gasteiger partial charge in [-0.25, -0.2) is 17.6 Å². The van der Waals surface area contributed by atoms with Gasteiger partial charge >= 0.3 is 5.97 Å². The molecule has 1 aromatic carbocycles. The Hall–Kier alpha value is -2.45. The molecule has 9 heteroatoms. The Morgan fingerprint density at radius 3 is 2.12 bits per heavy atom. The van der Waals surface area contributed by atoms with Gasteiger partial charge in [0.05, 0.1) is 11.3 Å². The number of rotatable bonds is 6. The van der Waals surface area contributed by atoms with Crippen LogP contribution in [-0.4, -0.2) is 43.2 Å². The van der Waals surface area contributed by atoms with Gasteiger partial charge < -0.3 is 10.0 Å². The number of benzene rings is 1. The van der Waals surface area contributed by atoms with Gasteiger partial charge in [-0.3, -0.25) is 14.6 Å². The monoisotopic (exact) mass is 346 g/mol. The molecule has 0 aliphatic heterocycles. The molecule has 1 aliphatic carbocycles. The number of aliphatic imine (C=N–C) groups is 1. The Labute approximate surface area is 134 Å². The van der Waals surface area contributed by atoms with Crippen molar-refractivity contribution < 1.29 is 32.3 Å². The molecule has 1 unspecified atom stereocenters. The van der Waals surface area contributed by atoms with Crippen molar-refractivity contribution in [3.8, 4) is 0 Å². The zero-order valence-electron chi connectivity index (χ0n) is 12.8. The van der Waals surface area contributed by atoms with Crippen molar-refractivity contribution in [2.24, 2.45) is 10.9 Å². The van der Waals surface area contributed by atoms with E-state index < -0.39 is 52.2 Å². The lowest BCUT2D eigenvalue weighted by Gasteiger charge is -2.20. The molecular formula is C15H14F4N2O3. The normalized spacial score (nSPS) is 15.6. The Balaban J connectivity index is 2.59. The quantitative estimate of drug-likeness (QED) is 0.214. The van der Waals surface area contributed by atoms with E-state index in [4.69, 9.17) is 5.11 Å². The third-order valence-electron chi connectivity index (χ3n) is 3.48. The van der Waals surface area contributed by atoms with Crippen LogP contribution in [0, 0.1) is 29.2 Å². The molecule has 0 aromatic heterocycles. The summed E-state index contributed by atoms with van der Waals surface area (Å²) in [5.74, 6) is -13.0. The van der Waals surface area contributed by atoms with Gasteiger partial charge in [0, 0.05) is 26.4 Å². The number of aliphatic carboxylic acids is 1. The van der Waals surface area contributed by atoms with Crippen LogP contribution in [0.1, 0.15) is 23.2 Å². The minimum atomic E-state index is -2.18. The molecule has 130 valence electrons. The van der Waals surface area contributed by atoms with E-state index in [1.54, 1.807) is 0 Å². The summed E-state index contributed by atoms with van der Waals surface area (Å²) in [7, 11) is 2.36. The van der Waals surface area contributed by atoms with Gasteiger partial charge in [0.2, 0.25) is 0 Å². The highest BCUT2D eigenvalue weighted by molar-refractivity contribution is 6.20. The Morgan fingerprint density at radius 1 is 1.12 bits per heavy atom. The first-order valence-corrected chi connectivity index (χ1v) is 7.00. The average molecular weight is 346 g/mol. The van der Waals surface area contributed by atoms with Crippen LogP contribution in [0.5, 0.6) is 0 Å². The molecule has 0 bridgehead atoms. The van der Waals surface area contributed by atoms with Gasteiger partial charge in [0.1, 0.15) is 0 Å². The number of hydrogen-bond donors (Lipinski definition) is 1. The highest BCUT2D eigenvalue weighted by atomic mass is 19.2. The van der Waals surface area contributed by atoms with Gasteiger partial charge in [-0.2, -0.15) is 0 Å². The molecule has 1 N–H and O–H groups in total. The minimum absolute atomic E-state index is 0.112. The van der Waals surface area contributed by atoms with Crippen molar-refractivity contribution >= 4 is 23.7 Å². The second kappa shape index (κ2) is 6.58. The Bertz CT molecular complexity index is 730. The highest BCUT2D eigenvalue weighted by Crippen LogP contribution is 2.32. The number of Topliss-reactive ketones (excluding diaryl/α,β-unsaturated/α-hetero) is 1. The molecule has 24 heavy (non-hydrogen) atoms. The van der Waals surface area contributed by atoms with E-state index in [1.807, 2.05) is 0 Å². The Kier molecular flexibility index (Phi) is 4.91. The van der Waals surface area contributed by atoms with Crippen LogP contribution in [0.2, 0.25) is 0 Å². The van der Waals surface area contributed by atoms with Gasteiger partial charge in [-0.15, -0.1) is 0 Å². The molecule has 0 radical (unpaired) electrons. The summed E-state index contributed by atoms with van der Waals surface area (Å²) in [5.41, 5.74) is -2.02. The third kappa shape index (κ3) is 3.24. The van der Waals surface area contributed by atoms with Crippen LogP contribution >= 0.6 is 0 Å². The van der Waals surface area contributed by atoms with E-state index in [1.165, 1.54) is 14.1 Å². The molecule has 0 amide bonds. The first-order valence-electron chi connectivity index (χ1n) is 7.00. The minimum Gasteiger partial charge on any atom is -0.480 e. The first kappa shape index (κ1) is 17.9. The molecule has 1 aliphatic rings. The molecule has 0 saturated heterocycles. The number of ketones is 1. The van der Waals surface area contributed by atoms with E-state index >= 15 is 0 Å². The molecule has 1 saturated carbocycles. The average Bonchev–Trinajstić information content (AvgIpc) is 3.31. The lowest BCUT2D eigenvalue weighted by molar-refractivity contribution is -0.137. The van der Waals surface area contributed by atoms with E-state index in [9.17, 15) is 27.2 Å². The highest BCUT2D eigenvalue weighted by Gasteiger charge is 2.36.